The molecule has 1 saturated heterocycles. The van der Waals surface area contributed by atoms with E-state index in [2.05, 4.69) is 16.3 Å². The van der Waals surface area contributed by atoms with Gasteiger partial charge in [0.05, 0.1) is 11.9 Å². The van der Waals surface area contributed by atoms with Crippen LogP contribution in [0, 0.1) is 6.42 Å². The molecule has 2 rings (SSSR count). The van der Waals surface area contributed by atoms with E-state index in [0.717, 1.165) is 13.1 Å². The Hall–Kier alpha value is -1.25. The molecule has 13 heavy (non-hydrogen) atoms. The number of piperidine rings is 1. The van der Waals surface area contributed by atoms with Gasteiger partial charge in [0.2, 0.25) is 0 Å². The molecule has 0 spiro atoms. The zero-order chi connectivity index (χ0) is 9.10. The minimum Gasteiger partial charge on any atom is -0.384 e. The Morgan fingerprint density at radius 3 is 2.62 bits per heavy atom. The lowest BCUT2D eigenvalue weighted by atomic mass is 10.1. The van der Waals surface area contributed by atoms with Crippen molar-refractivity contribution in [2.45, 2.75) is 12.8 Å². The second kappa shape index (κ2) is 3.64. The summed E-state index contributed by atoms with van der Waals surface area (Å²) >= 11 is 0. The van der Waals surface area contributed by atoms with Crippen molar-refractivity contribution in [3.05, 3.63) is 24.8 Å². The first-order chi connectivity index (χ1) is 6.36. The van der Waals surface area contributed by atoms with Crippen molar-refractivity contribution in [2.24, 2.45) is 0 Å². The van der Waals surface area contributed by atoms with E-state index in [-0.39, 0.29) is 0 Å². The molecule has 0 bridgehead atoms. The maximum Gasteiger partial charge on any atom is 0.123 e. The Kier molecular flexibility index (Phi) is 2.34. The predicted octanol–water partition coefficient (Wildman–Crippen LogP) is 1.47. The lowest BCUT2D eigenvalue weighted by molar-refractivity contribution is 0.678. The highest BCUT2D eigenvalue weighted by Gasteiger charge is 2.10. The number of nitrogens with zero attached hydrogens (tertiary/aromatic N) is 2. The molecule has 0 saturated carbocycles. The van der Waals surface area contributed by atoms with E-state index in [1.165, 1.54) is 18.5 Å². The highest BCUT2D eigenvalue weighted by Crippen LogP contribution is 2.18. The van der Waals surface area contributed by atoms with Crippen LogP contribution in [0.1, 0.15) is 12.8 Å². The first-order valence-corrected chi connectivity index (χ1v) is 4.64. The molecule has 1 aromatic rings. The van der Waals surface area contributed by atoms with Crippen molar-refractivity contribution < 1.29 is 0 Å². The molecule has 1 aliphatic heterocycles. The SMILES string of the molecule is Nc1ccc(N2CC[CH]CC2)cn1. The summed E-state index contributed by atoms with van der Waals surface area (Å²) in [5, 5.41) is 0. The van der Waals surface area contributed by atoms with Crippen molar-refractivity contribution in [3.63, 3.8) is 0 Å². The fourth-order valence-electron chi connectivity index (χ4n) is 1.59. The first kappa shape index (κ1) is 8.35. The van der Waals surface area contributed by atoms with Gasteiger partial charge in [0.15, 0.2) is 0 Å². The summed E-state index contributed by atoms with van der Waals surface area (Å²) in [6, 6.07) is 3.89. The second-order valence-electron chi connectivity index (χ2n) is 3.29. The van der Waals surface area contributed by atoms with E-state index < -0.39 is 0 Å². The van der Waals surface area contributed by atoms with Gasteiger partial charge in [0.1, 0.15) is 5.82 Å². The van der Waals surface area contributed by atoms with E-state index in [4.69, 9.17) is 5.73 Å². The van der Waals surface area contributed by atoms with Crippen LogP contribution in [0.4, 0.5) is 11.5 Å². The number of hydrogen-bond acceptors (Lipinski definition) is 3. The average Bonchev–Trinajstić information content (AvgIpc) is 2.20. The summed E-state index contributed by atoms with van der Waals surface area (Å²) < 4.78 is 0. The van der Waals surface area contributed by atoms with Gasteiger partial charge in [-0.25, -0.2) is 4.98 Å². The Morgan fingerprint density at radius 2 is 2.00 bits per heavy atom. The Morgan fingerprint density at radius 1 is 1.23 bits per heavy atom. The molecular weight excluding hydrogens is 162 g/mol. The number of anilines is 2. The van der Waals surface area contributed by atoms with Crippen LogP contribution in [0.5, 0.6) is 0 Å². The third kappa shape index (κ3) is 1.91. The highest BCUT2D eigenvalue weighted by molar-refractivity contribution is 5.48. The lowest BCUT2D eigenvalue weighted by Gasteiger charge is -2.28. The minimum atomic E-state index is 0.590. The van der Waals surface area contributed by atoms with Crippen molar-refractivity contribution in [1.29, 1.82) is 0 Å². The molecule has 1 fully saturated rings. The Labute approximate surface area is 78.6 Å². The molecule has 2 heterocycles. The summed E-state index contributed by atoms with van der Waals surface area (Å²) in [5.74, 6) is 0.590. The smallest absolute Gasteiger partial charge is 0.123 e. The van der Waals surface area contributed by atoms with Crippen molar-refractivity contribution >= 4 is 11.5 Å². The van der Waals surface area contributed by atoms with Crippen LogP contribution < -0.4 is 10.6 Å². The Balaban J connectivity index is 2.10. The molecule has 2 N–H and O–H groups in total. The quantitative estimate of drug-likeness (QED) is 0.704. The van der Waals surface area contributed by atoms with Gasteiger partial charge in [0, 0.05) is 13.1 Å². The lowest BCUT2D eigenvalue weighted by Crippen LogP contribution is -2.29. The van der Waals surface area contributed by atoms with Gasteiger partial charge < -0.3 is 10.6 Å². The molecule has 3 nitrogen and oxygen atoms in total. The second-order valence-corrected chi connectivity index (χ2v) is 3.29. The molecule has 1 aliphatic rings. The molecule has 3 heteroatoms. The number of rotatable bonds is 1. The van der Waals surface area contributed by atoms with Crippen molar-refractivity contribution in [2.75, 3.05) is 23.7 Å². The van der Waals surface area contributed by atoms with Gasteiger partial charge >= 0.3 is 0 Å². The average molecular weight is 176 g/mol. The standard InChI is InChI=1S/C10H14N3/c11-10-5-4-9(8-12-10)13-6-2-1-3-7-13/h1,4-5,8H,2-3,6-7H2,(H2,11,12). The summed E-state index contributed by atoms with van der Waals surface area (Å²) in [4.78, 5) is 6.42. The molecule has 0 unspecified atom stereocenters. The van der Waals surface area contributed by atoms with Crippen LogP contribution >= 0.6 is 0 Å². The molecule has 0 amide bonds. The predicted molar refractivity (Wildman–Crippen MR) is 54.4 cm³/mol. The number of nitrogen functional groups attached to an aromatic ring is 1. The van der Waals surface area contributed by atoms with Crippen LogP contribution in [0.2, 0.25) is 0 Å². The molecule has 0 aliphatic carbocycles. The van der Waals surface area contributed by atoms with E-state index in [9.17, 15) is 0 Å². The summed E-state index contributed by atoms with van der Waals surface area (Å²) in [6.45, 7) is 2.21. The molecule has 1 radical (unpaired) electrons. The fourth-order valence-corrected chi connectivity index (χ4v) is 1.59. The normalized spacial score (nSPS) is 17.4. The van der Waals surface area contributed by atoms with Crippen LogP contribution in [0.15, 0.2) is 18.3 Å². The maximum absolute atomic E-state index is 5.52. The monoisotopic (exact) mass is 176 g/mol. The summed E-state index contributed by atoms with van der Waals surface area (Å²) in [5.41, 5.74) is 6.70. The number of nitrogens with two attached hydrogens (primary N) is 1. The van der Waals surface area contributed by atoms with Crippen LogP contribution in [0.25, 0.3) is 0 Å². The number of pyridine rings is 1. The van der Waals surface area contributed by atoms with Gasteiger partial charge in [-0.15, -0.1) is 0 Å². The molecule has 0 aromatic carbocycles. The third-order valence-corrected chi connectivity index (χ3v) is 2.34. The topological polar surface area (TPSA) is 42.1 Å². The zero-order valence-corrected chi connectivity index (χ0v) is 7.61. The largest absolute Gasteiger partial charge is 0.384 e. The summed E-state index contributed by atoms with van der Waals surface area (Å²) in [6.07, 6.45) is 6.52. The fraction of sp³-hybridized carbons (Fsp3) is 0.400. The summed E-state index contributed by atoms with van der Waals surface area (Å²) in [7, 11) is 0. The van der Waals surface area contributed by atoms with Gasteiger partial charge in [-0.1, -0.05) is 0 Å². The Bertz CT molecular complexity index is 262. The van der Waals surface area contributed by atoms with Crippen LogP contribution in [-0.2, 0) is 0 Å². The maximum atomic E-state index is 5.52. The highest BCUT2D eigenvalue weighted by atomic mass is 15.1. The van der Waals surface area contributed by atoms with Crippen molar-refractivity contribution in [3.8, 4) is 0 Å². The van der Waals surface area contributed by atoms with Crippen molar-refractivity contribution in [1.82, 2.24) is 4.98 Å². The van der Waals surface area contributed by atoms with E-state index in [1.807, 2.05) is 18.3 Å². The molecule has 1 aromatic heterocycles. The van der Waals surface area contributed by atoms with E-state index >= 15 is 0 Å². The number of aromatic nitrogens is 1. The van der Waals surface area contributed by atoms with Gasteiger partial charge in [-0.3, -0.25) is 0 Å². The molecule has 0 atom stereocenters. The van der Waals surface area contributed by atoms with Gasteiger partial charge in [-0.2, -0.15) is 0 Å². The zero-order valence-electron chi connectivity index (χ0n) is 7.61. The third-order valence-electron chi connectivity index (χ3n) is 2.34. The van der Waals surface area contributed by atoms with Gasteiger partial charge in [-0.05, 0) is 31.4 Å². The van der Waals surface area contributed by atoms with Crippen LogP contribution in [0.3, 0.4) is 0 Å². The van der Waals surface area contributed by atoms with Crippen LogP contribution in [-0.4, -0.2) is 18.1 Å². The van der Waals surface area contributed by atoms with E-state index in [1.54, 1.807) is 0 Å². The minimum absolute atomic E-state index is 0.590. The number of hydrogen-bond donors (Lipinski definition) is 1. The van der Waals surface area contributed by atoms with E-state index in [0.29, 0.717) is 5.82 Å². The van der Waals surface area contributed by atoms with Gasteiger partial charge in [0.25, 0.3) is 0 Å². The molecule has 69 valence electrons. The first-order valence-electron chi connectivity index (χ1n) is 4.64. The molecular formula is C10H14N3.